The molecular weight excluding hydrogens is 420 g/mol. The average Bonchev–Trinajstić information content (AvgIpc) is 3.45. The van der Waals surface area contributed by atoms with E-state index in [1.54, 1.807) is 0 Å². The number of methoxy groups -OCH3 is 1. The number of aliphatic imine (C=N–C) groups is 1. The predicted molar refractivity (Wildman–Crippen MR) is 136 cm³/mol. The number of ether oxygens (including phenoxy) is 1. The molecule has 3 aliphatic rings. The van der Waals surface area contributed by atoms with Gasteiger partial charge in [0.05, 0.1) is 11.8 Å². The van der Waals surface area contributed by atoms with Crippen molar-refractivity contribution in [3.63, 3.8) is 0 Å². The van der Waals surface area contributed by atoms with Crippen molar-refractivity contribution in [1.29, 1.82) is 0 Å². The molecule has 3 N–H and O–H groups in total. The molecule has 0 bridgehead atoms. The fraction of sp³-hybridized carbons (Fsp3) is 0.600. The second-order valence-corrected chi connectivity index (χ2v) is 9.42. The molecule has 1 amide bonds. The van der Waals surface area contributed by atoms with Gasteiger partial charge in [0.15, 0.2) is 0 Å². The van der Waals surface area contributed by atoms with Crippen LogP contribution in [-0.4, -0.2) is 31.5 Å². The first-order valence-electron chi connectivity index (χ1n) is 11.7. The molecule has 0 radical (unpaired) electrons. The molecule has 2 atom stereocenters. The van der Waals surface area contributed by atoms with Gasteiger partial charge in [-0.15, -0.1) is 0 Å². The number of rotatable bonds is 5. The van der Waals surface area contributed by atoms with Gasteiger partial charge in [-0.25, -0.2) is 4.99 Å². The van der Waals surface area contributed by atoms with Crippen LogP contribution in [0.3, 0.4) is 0 Å². The Kier molecular flexibility index (Phi) is 11.1. The van der Waals surface area contributed by atoms with E-state index in [1.165, 1.54) is 28.8 Å². The number of thioether (sulfide) groups is 1. The molecule has 32 heavy (non-hydrogen) atoms. The molecule has 2 unspecified atom stereocenters. The van der Waals surface area contributed by atoms with Crippen LogP contribution in [0.2, 0.25) is 0 Å². The first-order valence-corrected chi connectivity index (χ1v) is 12.9. The molecule has 178 valence electrons. The third-order valence-corrected chi connectivity index (χ3v) is 6.76. The summed E-state index contributed by atoms with van der Waals surface area (Å²) in [5.41, 5.74) is 13.4. The first-order chi connectivity index (χ1) is 15.5. The van der Waals surface area contributed by atoms with Gasteiger partial charge in [0, 0.05) is 42.7 Å². The maximum absolute atomic E-state index is 9.50. The van der Waals surface area contributed by atoms with Gasteiger partial charge in [-0.2, -0.15) is 11.8 Å². The van der Waals surface area contributed by atoms with Gasteiger partial charge in [0.2, 0.25) is 6.41 Å². The standard InChI is InChI=1S/C19H25N3OS.C4H9NO.C2H6/c1-12-7-18(20-16-5-3-14-10-24-11-15(14)8-16)21-22-19(12)13-4-6-17(9-13)23-2;1-4(2)5-3-6;1-2/h3,5,8,13,17,22H,4,6-7,9-11H2,1-2H3,(H,20,21);3-4H,1-2H3,(H,5,6);1-2H3. The zero-order chi connectivity index (χ0) is 23.5. The Labute approximate surface area is 198 Å². The lowest BCUT2D eigenvalue weighted by Gasteiger charge is -2.27. The monoisotopic (exact) mass is 460 g/mol. The molecule has 0 saturated heterocycles. The second kappa shape index (κ2) is 13.5. The van der Waals surface area contributed by atoms with E-state index in [4.69, 9.17) is 9.73 Å². The number of nitrogens with zero attached hydrogens (tertiary/aromatic N) is 1. The quantitative estimate of drug-likeness (QED) is 0.526. The number of nitrogens with one attached hydrogen (secondary N) is 3. The number of benzene rings is 1. The van der Waals surface area contributed by atoms with Crippen molar-refractivity contribution < 1.29 is 9.53 Å². The van der Waals surface area contributed by atoms with Crippen LogP contribution < -0.4 is 16.2 Å². The highest BCUT2D eigenvalue weighted by molar-refractivity contribution is 7.98. The van der Waals surface area contributed by atoms with E-state index in [0.717, 1.165) is 42.3 Å². The second-order valence-electron chi connectivity index (χ2n) is 8.43. The van der Waals surface area contributed by atoms with Crippen LogP contribution in [0.5, 0.6) is 0 Å². The van der Waals surface area contributed by atoms with Crippen molar-refractivity contribution in [2.75, 3.05) is 7.11 Å². The molecule has 7 heteroatoms. The summed E-state index contributed by atoms with van der Waals surface area (Å²) in [6.07, 6.45) is 5.49. The smallest absolute Gasteiger partial charge is 0.207 e. The normalized spacial score (nSPS) is 22.8. The number of amides is 1. The molecule has 0 aromatic heterocycles. The summed E-state index contributed by atoms with van der Waals surface area (Å²) in [5, 5.41) is 2.53. The molecule has 2 aliphatic heterocycles. The van der Waals surface area contributed by atoms with Gasteiger partial charge < -0.3 is 15.5 Å². The van der Waals surface area contributed by atoms with Gasteiger partial charge in [0.25, 0.3) is 0 Å². The van der Waals surface area contributed by atoms with E-state index in [0.29, 0.717) is 18.4 Å². The zero-order valence-corrected chi connectivity index (χ0v) is 21.3. The number of hydrogen-bond donors (Lipinski definition) is 3. The zero-order valence-electron chi connectivity index (χ0n) is 20.5. The molecular formula is C25H40N4O2S. The number of carbonyl (C=O) groups excluding carboxylic acids is 1. The maximum Gasteiger partial charge on any atom is 0.207 e. The highest BCUT2D eigenvalue weighted by Gasteiger charge is 2.30. The third kappa shape index (κ3) is 7.55. The highest BCUT2D eigenvalue weighted by atomic mass is 32.2. The predicted octanol–water partition coefficient (Wildman–Crippen LogP) is 5.22. The van der Waals surface area contributed by atoms with E-state index in [1.807, 2.05) is 46.6 Å². The van der Waals surface area contributed by atoms with Crippen LogP contribution in [0, 0.1) is 5.92 Å². The van der Waals surface area contributed by atoms with Crippen molar-refractivity contribution in [3.8, 4) is 0 Å². The molecule has 1 aromatic rings. The van der Waals surface area contributed by atoms with E-state index in [2.05, 4.69) is 41.3 Å². The lowest BCUT2D eigenvalue weighted by Crippen LogP contribution is -2.43. The van der Waals surface area contributed by atoms with E-state index in [9.17, 15) is 4.79 Å². The van der Waals surface area contributed by atoms with Gasteiger partial charge in [-0.1, -0.05) is 19.9 Å². The molecule has 6 nitrogen and oxygen atoms in total. The van der Waals surface area contributed by atoms with Gasteiger partial charge >= 0.3 is 0 Å². The lowest BCUT2D eigenvalue weighted by atomic mass is 9.97. The molecule has 1 aliphatic carbocycles. The number of fused-ring (bicyclic) bond motifs is 1. The van der Waals surface area contributed by atoms with Crippen molar-refractivity contribution >= 4 is 29.7 Å². The van der Waals surface area contributed by atoms with Crippen LogP contribution in [0.4, 0.5) is 5.69 Å². The van der Waals surface area contributed by atoms with Crippen LogP contribution in [0.25, 0.3) is 0 Å². The summed E-state index contributed by atoms with van der Waals surface area (Å²) >= 11 is 1.98. The van der Waals surface area contributed by atoms with Gasteiger partial charge in [-0.05, 0) is 68.9 Å². The Balaban J connectivity index is 0.000000396. The lowest BCUT2D eigenvalue weighted by molar-refractivity contribution is -0.109. The van der Waals surface area contributed by atoms with Crippen molar-refractivity contribution in [1.82, 2.24) is 16.2 Å². The minimum atomic E-state index is 0.280. The van der Waals surface area contributed by atoms with Gasteiger partial charge in [0.1, 0.15) is 5.84 Å². The van der Waals surface area contributed by atoms with Crippen LogP contribution in [-0.2, 0) is 21.0 Å². The van der Waals surface area contributed by atoms with Crippen LogP contribution in [0.1, 0.15) is 71.4 Å². The fourth-order valence-corrected chi connectivity index (χ4v) is 5.18. The summed E-state index contributed by atoms with van der Waals surface area (Å²) in [7, 11) is 1.82. The minimum absolute atomic E-state index is 0.280. The molecule has 1 fully saturated rings. The number of amidine groups is 1. The van der Waals surface area contributed by atoms with E-state index in [-0.39, 0.29) is 6.04 Å². The number of hydrazine groups is 1. The van der Waals surface area contributed by atoms with Crippen molar-refractivity contribution in [3.05, 3.63) is 40.6 Å². The van der Waals surface area contributed by atoms with Crippen molar-refractivity contribution in [2.45, 2.75) is 84.0 Å². The summed E-state index contributed by atoms with van der Waals surface area (Å²) in [5.74, 6) is 3.84. The maximum atomic E-state index is 9.50. The Morgan fingerprint density at radius 2 is 1.94 bits per heavy atom. The van der Waals surface area contributed by atoms with E-state index >= 15 is 0 Å². The van der Waals surface area contributed by atoms with Crippen LogP contribution >= 0.6 is 11.8 Å². The molecule has 1 saturated carbocycles. The SMILES string of the molecule is CC.CC(C)NC=O.COC1CCC(C2=C(C)CC(=Nc3ccc4c(c3)CSC4)NN2)C1. The van der Waals surface area contributed by atoms with Crippen molar-refractivity contribution in [2.24, 2.45) is 10.9 Å². The highest BCUT2D eigenvalue weighted by Crippen LogP contribution is 2.35. The Hall–Kier alpha value is -1.99. The average molecular weight is 461 g/mol. The fourth-order valence-electron chi connectivity index (χ4n) is 4.09. The minimum Gasteiger partial charge on any atom is -0.381 e. The molecule has 1 aromatic carbocycles. The van der Waals surface area contributed by atoms with Crippen LogP contribution in [0.15, 0.2) is 34.5 Å². The summed E-state index contributed by atoms with van der Waals surface area (Å²) in [4.78, 5) is 14.3. The number of carbonyl (C=O) groups is 1. The summed E-state index contributed by atoms with van der Waals surface area (Å²) in [6, 6.07) is 6.87. The summed E-state index contributed by atoms with van der Waals surface area (Å²) in [6.45, 7) is 10.0. The van der Waals surface area contributed by atoms with Gasteiger partial charge in [-0.3, -0.25) is 10.2 Å². The largest absolute Gasteiger partial charge is 0.381 e. The van der Waals surface area contributed by atoms with E-state index < -0.39 is 0 Å². The number of allylic oxidation sites excluding steroid dienone is 1. The number of hydrogen-bond acceptors (Lipinski definition) is 5. The Morgan fingerprint density at radius 1 is 1.19 bits per heavy atom. The Bertz CT molecular complexity index is 807. The third-order valence-electron chi connectivity index (χ3n) is 5.73. The molecule has 4 rings (SSSR count). The molecule has 2 heterocycles. The first kappa shape index (κ1) is 26.3. The molecule has 0 spiro atoms. The Morgan fingerprint density at radius 3 is 2.53 bits per heavy atom. The topological polar surface area (TPSA) is 74.8 Å². The summed E-state index contributed by atoms with van der Waals surface area (Å²) < 4.78 is 5.51.